The first-order valence-corrected chi connectivity index (χ1v) is 5.43. The molecule has 0 saturated carbocycles. The molecule has 0 aromatic heterocycles. The topological polar surface area (TPSA) is 66.6 Å². The van der Waals surface area contributed by atoms with Gasteiger partial charge >= 0.3 is 0 Å². The third-order valence-corrected chi connectivity index (χ3v) is 2.92. The van der Waals surface area contributed by atoms with Crippen LogP contribution in [0.1, 0.15) is 18.0 Å². The first-order chi connectivity index (χ1) is 7.72. The summed E-state index contributed by atoms with van der Waals surface area (Å²) in [5, 5.41) is 9.41. The predicted molar refractivity (Wildman–Crippen MR) is 60.6 cm³/mol. The van der Waals surface area contributed by atoms with Crippen LogP contribution in [0.3, 0.4) is 0 Å². The Morgan fingerprint density at radius 1 is 1.44 bits per heavy atom. The molecule has 1 aliphatic heterocycles. The van der Waals surface area contributed by atoms with E-state index in [0.29, 0.717) is 13.0 Å². The quantitative estimate of drug-likeness (QED) is 0.769. The number of carbonyl (C=O) groups is 1. The van der Waals surface area contributed by atoms with E-state index in [4.69, 9.17) is 5.73 Å². The predicted octanol–water partition coefficient (Wildman–Crippen LogP) is 0.280. The molecule has 1 fully saturated rings. The minimum Gasteiger partial charge on any atom is -0.394 e. The van der Waals surface area contributed by atoms with Crippen molar-refractivity contribution in [3.05, 3.63) is 35.9 Å². The molecule has 0 radical (unpaired) electrons. The van der Waals surface area contributed by atoms with E-state index in [0.717, 1.165) is 5.56 Å². The van der Waals surface area contributed by atoms with E-state index in [1.165, 1.54) is 0 Å². The number of nitrogens with zero attached hydrogens (tertiary/aromatic N) is 1. The molecule has 1 aliphatic rings. The summed E-state index contributed by atoms with van der Waals surface area (Å²) in [6, 6.07) is 9.18. The summed E-state index contributed by atoms with van der Waals surface area (Å²) in [6.07, 6.45) is 0.378. The second-order valence-electron chi connectivity index (χ2n) is 4.12. The third-order valence-electron chi connectivity index (χ3n) is 2.92. The highest BCUT2D eigenvalue weighted by atomic mass is 16.3. The van der Waals surface area contributed by atoms with E-state index in [2.05, 4.69) is 0 Å². The van der Waals surface area contributed by atoms with Gasteiger partial charge in [-0.15, -0.1) is 0 Å². The van der Waals surface area contributed by atoms with Crippen molar-refractivity contribution in [2.45, 2.75) is 18.5 Å². The number of aliphatic hydroxyl groups excluding tert-OH is 1. The standard InChI is InChI=1S/C12H16N2O2/c13-10-6-12(16)14(7-10)11(8-15)9-4-2-1-3-5-9/h1-5,10-11,15H,6-8,13H2/t10?,11-/m0/s1. The molecule has 16 heavy (non-hydrogen) atoms. The van der Waals surface area contributed by atoms with Gasteiger partial charge in [0.2, 0.25) is 5.91 Å². The van der Waals surface area contributed by atoms with Gasteiger partial charge in [0.05, 0.1) is 12.6 Å². The molecule has 86 valence electrons. The summed E-state index contributed by atoms with van der Waals surface area (Å²) >= 11 is 0. The summed E-state index contributed by atoms with van der Waals surface area (Å²) in [5.74, 6) is 0.0235. The number of carbonyl (C=O) groups excluding carboxylic acids is 1. The Hall–Kier alpha value is -1.39. The van der Waals surface area contributed by atoms with Crippen molar-refractivity contribution >= 4 is 5.91 Å². The Morgan fingerprint density at radius 2 is 2.12 bits per heavy atom. The molecule has 1 unspecified atom stereocenters. The lowest BCUT2D eigenvalue weighted by Gasteiger charge is -2.26. The van der Waals surface area contributed by atoms with Gasteiger partial charge in [-0.1, -0.05) is 30.3 Å². The molecule has 1 heterocycles. The van der Waals surface area contributed by atoms with Crippen molar-refractivity contribution in [3.8, 4) is 0 Å². The average molecular weight is 220 g/mol. The maximum Gasteiger partial charge on any atom is 0.224 e. The Bertz CT molecular complexity index is 367. The zero-order valence-electron chi connectivity index (χ0n) is 9.04. The molecule has 1 aromatic carbocycles. The summed E-state index contributed by atoms with van der Waals surface area (Å²) in [5.41, 5.74) is 6.69. The first-order valence-electron chi connectivity index (χ1n) is 5.43. The Labute approximate surface area is 94.7 Å². The smallest absolute Gasteiger partial charge is 0.224 e. The fraction of sp³-hybridized carbons (Fsp3) is 0.417. The second kappa shape index (κ2) is 4.63. The maximum atomic E-state index is 11.7. The normalized spacial score (nSPS) is 22.5. The molecule has 1 amide bonds. The van der Waals surface area contributed by atoms with E-state index in [1.54, 1.807) is 4.90 Å². The Morgan fingerprint density at radius 3 is 2.62 bits per heavy atom. The number of rotatable bonds is 3. The maximum absolute atomic E-state index is 11.7. The third kappa shape index (κ3) is 2.08. The van der Waals surface area contributed by atoms with Gasteiger partial charge in [-0.05, 0) is 5.56 Å². The van der Waals surface area contributed by atoms with Gasteiger partial charge in [-0.3, -0.25) is 4.79 Å². The molecule has 4 heteroatoms. The van der Waals surface area contributed by atoms with Gasteiger partial charge in [0.15, 0.2) is 0 Å². The largest absolute Gasteiger partial charge is 0.394 e. The van der Waals surface area contributed by atoms with Crippen LogP contribution in [-0.2, 0) is 4.79 Å². The highest BCUT2D eigenvalue weighted by molar-refractivity contribution is 5.79. The summed E-state index contributed by atoms with van der Waals surface area (Å²) < 4.78 is 0. The number of amides is 1. The van der Waals surface area contributed by atoms with Gasteiger partial charge < -0.3 is 15.7 Å². The molecule has 0 spiro atoms. The van der Waals surface area contributed by atoms with E-state index >= 15 is 0 Å². The van der Waals surface area contributed by atoms with Crippen molar-refractivity contribution in [3.63, 3.8) is 0 Å². The van der Waals surface area contributed by atoms with Crippen LogP contribution in [0.15, 0.2) is 30.3 Å². The molecular weight excluding hydrogens is 204 g/mol. The first kappa shape index (κ1) is 11.1. The molecule has 3 N–H and O–H groups in total. The summed E-state index contributed by atoms with van der Waals surface area (Å²) in [4.78, 5) is 13.4. The van der Waals surface area contributed by atoms with E-state index in [-0.39, 0.29) is 24.6 Å². The molecule has 1 aromatic rings. The number of nitrogens with two attached hydrogens (primary N) is 1. The van der Waals surface area contributed by atoms with Crippen molar-refractivity contribution in [2.75, 3.05) is 13.2 Å². The van der Waals surface area contributed by atoms with E-state index in [1.807, 2.05) is 30.3 Å². The second-order valence-corrected chi connectivity index (χ2v) is 4.12. The molecular formula is C12H16N2O2. The molecule has 0 aliphatic carbocycles. The molecule has 0 bridgehead atoms. The SMILES string of the molecule is NC1CC(=O)N([C@@H](CO)c2ccccc2)C1. The molecule has 2 rings (SSSR count). The number of hydrogen-bond donors (Lipinski definition) is 2. The van der Waals surface area contributed by atoms with Crippen molar-refractivity contribution < 1.29 is 9.90 Å². The fourth-order valence-electron chi connectivity index (χ4n) is 2.12. The van der Waals surface area contributed by atoms with Crippen molar-refractivity contribution in [1.29, 1.82) is 0 Å². The lowest BCUT2D eigenvalue weighted by molar-refractivity contribution is -0.130. The minimum atomic E-state index is -0.262. The summed E-state index contributed by atoms with van der Waals surface area (Å²) in [7, 11) is 0. The van der Waals surface area contributed by atoms with Crippen LogP contribution in [0, 0.1) is 0 Å². The number of aliphatic hydroxyl groups is 1. The number of hydrogen-bond acceptors (Lipinski definition) is 3. The van der Waals surface area contributed by atoms with E-state index < -0.39 is 0 Å². The highest BCUT2D eigenvalue weighted by Crippen LogP contribution is 2.24. The van der Waals surface area contributed by atoms with Gasteiger partial charge in [-0.25, -0.2) is 0 Å². The highest BCUT2D eigenvalue weighted by Gasteiger charge is 2.32. The van der Waals surface area contributed by atoms with Gasteiger partial charge in [0.25, 0.3) is 0 Å². The van der Waals surface area contributed by atoms with Crippen LogP contribution in [-0.4, -0.2) is 35.1 Å². The lowest BCUT2D eigenvalue weighted by Crippen LogP contribution is -2.34. The van der Waals surface area contributed by atoms with E-state index in [9.17, 15) is 9.90 Å². The number of likely N-dealkylation sites (tertiary alicyclic amines) is 1. The van der Waals surface area contributed by atoms with Crippen LogP contribution < -0.4 is 5.73 Å². The number of benzene rings is 1. The Kier molecular flexibility index (Phi) is 3.22. The zero-order chi connectivity index (χ0) is 11.5. The van der Waals surface area contributed by atoms with Crippen LogP contribution in [0.25, 0.3) is 0 Å². The monoisotopic (exact) mass is 220 g/mol. The fourth-order valence-corrected chi connectivity index (χ4v) is 2.12. The zero-order valence-corrected chi connectivity index (χ0v) is 9.04. The lowest BCUT2D eigenvalue weighted by atomic mass is 10.1. The molecule has 4 nitrogen and oxygen atoms in total. The van der Waals surface area contributed by atoms with Crippen LogP contribution >= 0.6 is 0 Å². The van der Waals surface area contributed by atoms with Crippen molar-refractivity contribution in [2.24, 2.45) is 5.73 Å². The Balaban J connectivity index is 2.20. The van der Waals surface area contributed by atoms with Crippen LogP contribution in [0.5, 0.6) is 0 Å². The summed E-state index contributed by atoms with van der Waals surface area (Å²) in [6.45, 7) is 0.460. The van der Waals surface area contributed by atoms with Gasteiger partial charge in [0.1, 0.15) is 0 Å². The van der Waals surface area contributed by atoms with Crippen molar-refractivity contribution in [1.82, 2.24) is 4.90 Å². The van der Waals surface area contributed by atoms with Gasteiger partial charge in [-0.2, -0.15) is 0 Å². The average Bonchev–Trinajstić information content (AvgIpc) is 2.61. The molecule has 2 atom stereocenters. The minimum absolute atomic E-state index is 0.0235. The van der Waals surface area contributed by atoms with Crippen LogP contribution in [0.4, 0.5) is 0 Å². The van der Waals surface area contributed by atoms with Gasteiger partial charge in [0, 0.05) is 19.0 Å². The van der Waals surface area contributed by atoms with Crippen LogP contribution in [0.2, 0.25) is 0 Å². The molecule has 1 saturated heterocycles.